The molecule has 1 aliphatic rings. The lowest BCUT2D eigenvalue weighted by atomic mass is 10.1. The molecule has 1 unspecified atom stereocenters. The summed E-state index contributed by atoms with van der Waals surface area (Å²) in [4.78, 5) is 25.2. The Kier molecular flexibility index (Phi) is 4.23. The summed E-state index contributed by atoms with van der Waals surface area (Å²) in [5, 5.41) is 11.7. The molecule has 1 saturated heterocycles. The third-order valence-electron chi connectivity index (χ3n) is 2.87. The number of amides is 2. The highest BCUT2D eigenvalue weighted by atomic mass is 79.9. The first-order valence-corrected chi connectivity index (χ1v) is 7.17. The molecule has 1 aromatic rings. The molecule has 5 nitrogen and oxygen atoms in total. The standard InChI is InChI=1S/C11H13BrN2O3S/c12-9-2-1-8(18-9)5-13-11(17)14-4-3-7(6-14)10(15)16/h1-2,7H,3-6H2,(H,13,17)(H,15,16). The third kappa shape index (κ3) is 3.23. The Morgan fingerprint density at radius 3 is 2.89 bits per heavy atom. The van der Waals surface area contributed by atoms with Crippen LogP contribution >= 0.6 is 27.3 Å². The normalized spacial score (nSPS) is 18.9. The van der Waals surface area contributed by atoms with Gasteiger partial charge in [0.25, 0.3) is 0 Å². The third-order valence-corrected chi connectivity index (χ3v) is 4.49. The van der Waals surface area contributed by atoms with Crippen LogP contribution in [0.5, 0.6) is 0 Å². The number of likely N-dealkylation sites (tertiary alicyclic amines) is 1. The zero-order chi connectivity index (χ0) is 13.1. The van der Waals surface area contributed by atoms with E-state index in [1.54, 1.807) is 16.2 Å². The lowest BCUT2D eigenvalue weighted by Crippen LogP contribution is -2.38. The van der Waals surface area contributed by atoms with Crippen LogP contribution in [0.1, 0.15) is 11.3 Å². The number of hydrogen-bond donors (Lipinski definition) is 2. The van der Waals surface area contributed by atoms with Crippen LogP contribution in [-0.4, -0.2) is 35.1 Å². The molecular weight excluding hydrogens is 320 g/mol. The maximum Gasteiger partial charge on any atom is 0.317 e. The van der Waals surface area contributed by atoms with Crippen LogP contribution in [0.25, 0.3) is 0 Å². The molecule has 0 saturated carbocycles. The van der Waals surface area contributed by atoms with Crippen molar-refractivity contribution >= 4 is 39.3 Å². The van der Waals surface area contributed by atoms with Gasteiger partial charge in [-0.1, -0.05) is 0 Å². The quantitative estimate of drug-likeness (QED) is 0.890. The van der Waals surface area contributed by atoms with Crippen LogP contribution in [0.2, 0.25) is 0 Å². The maximum atomic E-state index is 11.8. The summed E-state index contributed by atoms with van der Waals surface area (Å²) < 4.78 is 1.03. The fourth-order valence-electron chi connectivity index (χ4n) is 1.87. The highest BCUT2D eigenvalue weighted by molar-refractivity contribution is 9.11. The average molecular weight is 333 g/mol. The van der Waals surface area contributed by atoms with E-state index in [9.17, 15) is 9.59 Å². The number of nitrogens with one attached hydrogen (secondary N) is 1. The molecule has 2 amide bonds. The van der Waals surface area contributed by atoms with Gasteiger partial charge < -0.3 is 15.3 Å². The first kappa shape index (κ1) is 13.4. The fourth-order valence-corrected chi connectivity index (χ4v) is 3.29. The first-order valence-electron chi connectivity index (χ1n) is 5.56. The second-order valence-electron chi connectivity index (χ2n) is 4.13. The van der Waals surface area contributed by atoms with Gasteiger partial charge >= 0.3 is 12.0 Å². The summed E-state index contributed by atoms with van der Waals surface area (Å²) in [5.74, 6) is -1.25. The van der Waals surface area contributed by atoms with Crippen LogP contribution in [0.15, 0.2) is 15.9 Å². The highest BCUT2D eigenvalue weighted by Crippen LogP contribution is 2.22. The van der Waals surface area contributed by atoms with Gasteiger partial charge in [-0.3, -0.25) is 4.79 Å². The zero-order valence-electron chi connectivity index (χ0n) is 9.56. The first-order chi connectivity index (χ1) is 8.56. The summed E-state index contributed by atoms with van der Waals surface area (Å²) >= 11 is 4.93. The number of thiophene rings is 1. The Labute approximate surface area is 117 Å². The maximum absolute atomic E-state index is 11.8. The molecule has 2 N–H and O–H groups in total. The second kappa shape index (κ2) is 5.71. The van der Waals surface area contributed by atoms with Crippen LogP contribution in [0.3, 0.4) is 0 Å². The average Bonchev–Trinajstić information content (AvgIpc) is 2.94. The van der Waals surface area contributed by atoms with Gasteiger partial charge in [-0.2, -0.15) is 0 Å². The number of carbonyl (C=O) groups is 2. The van der Waals surface area contributed by atoms with E-state index in [2.05, 4.69) is 21.2 Å². The molecule has 1 aromatic heterocycles. The van der Waals surface area contributed by atoms with Gasteiger partial charge in [-0.25, -0.2) is 4.79 Å². The molecular formula is C11H13BrN2O3S. The van der Waals surface area contributed by atoms with Gasteiger partial charge in [0.2, 0.25) is 0 Å². The van der Waals surface area contributed by atoms with Crippen LogP contribution < -0.4 is 5.32 Å². The van der Waals surface area contributed by atoms with Crippen molar-refractivity contribution in [3.8, 4) is 0 Å². The number of aliphatic carboxylic acids is 1. The molecule has 98 valence electrons. The van der Waals surface area contributed by atoms with Crippen molar-refractivity contribution in [1.29, 1.82) is 0 Å². The Hall–Kier alpha value is -1.08. The van der Waals surface area contributed by atoms with E-state index in [-0.39, 0.29) is 6.03 Å². The molecule has 1 atom stereocenters. The van der Waals surface area contributed by atoms with E-state index in [1.807, 2.05) is 12.1 Å². The fraction of sp³-hybridized carbons (Fsp3) is 0.455. The lowest BCUT2D eigenvalue weighted by molar-refractivity contribution is -0.141. The molecule has 0 aromatic carbocycles. The van der Waals surface area contributed by atoms with Gasteiger partial charge in [0.15, 0.2) is 0 Å². The van der Waals surface area contributed by atoms with E-state index in [1.165, 1.54) is 0 Å². The van der Waals surface area contributed by atoms with Crippen molar-refractivity contribution in [3.05, 3.63) is 20.8 Å². The van der Waals surface area contributed by atoms with E-state index in [0.29, 0.717) is 26.1 Å². The lowest BCUT2D eigenvalue weighted by Gasteiger charge is -2.16. The molecule has 0 bridgehead atoms. The molecule has 1 aliphatic heterocycles. The largest absolute Gasteiger partial charge is 0.481 e. The molecule has 7 heteroatoms. The molecule has 0 radical (unpaired) electrons. The number of carbonyl (C=O) groups excluding carboxylic acids is 1. The summed E-state index contributed by atoms with van der Waals surface area (Å²) in [5.41, 5.74) is 0. The van der Waals surface area contributed by atoms with Gasteiger partial charge in [-0.05, 0) is 34.5 Å². The SMILES string of the molecule is O=C(O)C1CCN(C(=O)NCc2ccc(Br)s2)C1. The van der Waals surface area contributed by atoms with E-state index < -0.39 is 11.9 Å². The van der Waals surface area contributed by atoms with Gasteiger partial charge in [-0.15, -0.1) is 11.3 Å². The van der Waals surface area contributed by atoms with Crippen molar-refractivity contribution in [2.75, 3.05) is 13.1 Å². The summed E-state index contributed by atoms with van der Waals surface area (Å²) in [7, 11) is 0. The van der Waals surface area contributed by atoms with Gasteiger partial charge in [0.05, 0.1) is 16.2 Å². The van der Waals surface area contributed by atoms with Crippen LogP contribution in [0, 0.1) is 5.92 Å². The number of rotatable bonds is 3. The number of carboxylic acid groups (broad SMARTS) is 1. The molecule has 2 heterocycles. The number of nitrogens with zero attached hydrogens (tertiary/aromatic N) is 1. The molecule has 0 aliphatic carbocycles. The predicted octanol–water partition coefficient (Wildman–Crippen LogP) is 2.13. The van der Waals surface area contributed by atoms with E-state index in [0.717, 1.165) is 8.66 Å². The van der Waals surface area contributed by atoms with Gasteiger partial charge in [0, 0.05) is 18.0 Å². The van der Waals surface area contributed by atoms with Crippen molar-refractivity contribution < 1.29 is 14.7 Å². The smallest absolute Gasteiger partial charge is 0.317 e. The highest BCUT2D eigenvalue weighted by Gasteiger charge is 2.30. The molecule has 2 rings (SSSR count). The van der Waals surface area contributed by atoms with Crippen molar-refractivity contribution in [2.45, 2.75) is 13.0 Å². The van der Waals surface area contributed by atoms with Crippen LogP contribution in [0.4, 0.5) is 4.79 Å². The Morgan fingerprint density at radius 1 is 1.56 bits per heavy atom. The Balaban J connectivity index is 1.80. The minimum atomic E-state index is -0.826. The van der Waals surface area contributed by atoms with E-state index in [4.69, 9.17) is 5.11 Å². The summed E-state index contributed by atoms with van der Waals surface area (Å²) in [6.45, 7) is 1.29. The molecule has 0 spiro atoms. The summed E-state index contributed by atoms with van der Waals surface area (Å²) in [6.07, 6.45) is 0.535. The minimum absolute atomic E-state index is 0.191. The Bertz CT molecular complexity index is 463. The van der Waals surface area contributed by atoms with Crippen molar-refractivity contribution in [3.63, 3.8) is 0 Å². The summed E-state index contributed by atoms with van der Waals surface area (Å²) in [6, 6.07) is 3.69. The number of carboxylic acids is 1. The number of hydrogen-bond acceptors (Lipinski definition) is 3. The zero-order valence-corrected chi connectivity index (χ0v) is 12.0. The van der Waals surface area contributed by atoms with Gasteiger partial charge in [0.1, 0.15) is 0 Å². The Morgan fingerprint density at radius 2 is 2.33 bits per heavy atom. The predicted molar refractivity (Wildman–Crippen MR) is 71.6 cm³/mol. The van der Waals surface area contributed by atoms with Crippen molar-refractivity contribution in [2.24, 2.45) is 5.92 Å². The topological polar surface area (TPSA) is 69.6 Å². The second-order valence-corrected chi connectivity index (χ2v) is 6.68. The molecule has 1 fully saturated rings. The minimum Gasteiger partial charge on any atom is -0.481 e. The number of urea groups is 1. The monoisotopic (exact) mass is 332 g/mol. The molecule has 18 heavy (non-hydrogen) atoms. The van der Waals surface area contributed by atoms with Crippen LogP contribution in [-0.2, 0) is 11.3 Å². The van der Waals surface area contributed by atoms with Crippen molar-refractivity contribution in [1.82, 2.24) is 10.2 Å². The van der Waals surface area contributed by atoms with E-state index >= 15 is 0 Å². The number of halogens is 1.